The number of halogens is 2. The van der Waals surface area contributed by atoms with Crippen LogP contribution in [0.3, 0.4) is 0 Å². The lowest BCUT2D eigenvalue weighted by Gasteiger charge is -2.23. The molecule has 1 unspecified atom stereocenters. The Hall–Kier alpha value is -2.21. The predicted octanol–water partition coefficient (Wildman–Crippen LogP) is 3.56. The fraction of sp³-hybridized carbons (Fsp3) is 0.176. The second kappa shape index (κ2) is 5.77. The zero-order valence-corrected chi connectivity index (χ0v) is 13.9. The molecule has 1 N–H and O–H groups in total. The lowest BCUT2D eigenvalue weighted by molar-refractivity contribution is -0.131. The van der Waals surface area contributed by atoms with Gasteiger partial charge < -0.3 is 5.32 Å². The third-order valence-electron chi connectivity index (χ3n) is 3.97. The van der Waals surface area contributed by atoms with Crippen LogP contribution in [0.2, 0.25) is 0 Å². The maximum atomic E-state index is 13.8. The fourth-order valence-corrected chi connectivity index (χ4v) is 3.37. The van der Waals surface area contributed by atoms with E-state index in [1.54, 1.807) is 43.3 Å². The van der Waals surface area contributed by atoms with E-state index in [4.69, 9.17) is 0 Å². The standard InChI is InChI=1S/C17H14BrFN2O2/c1-17(12-7-3-4-8-13(12)18)15(22)21(16(23)20-17)10-11-6-2-5-9-14(11)19/h2-9H,10H2,1H3,(H,20,23). The van der Waals surface area contributed by atoms with Crippen LogP contribution < -0.4 is 5.32 Å². The molecule has 118 valence electrons. The number of urea groups is 1. The van der Waals surface area contributed by atoms with Crippen molar-refractivity contribution < 1.29 is 14.0 Å². The van der Waals surface area contributed by atoms with Crippen LogP contribution in [0.25, 0.3) is 0 Å². The zero-order chi connectivity index (χ0) is 16.6. The maximum Gasteiger partial charge on any atom is 0.325 e. The summed E-state index contributed by atoms with van der Waals surface area (Å²) in [5.41, 5.74) is -0.218. The van der Waals surface area contributed by atoms with E-state index in [0.717, 1.165) is 9.37 Å². The topological polar surface area (TPSA) is 49.4 Å². The number of carbonyl (C=O) groups is 2. The largest absolute Gasteiger partial charge is 0.325 e. The minimum Gasteiger partial charge on any atom is -0.319 e. The van der Waals surface area contributed by atoms with Crippen LogP contribution in [-0.4, -0.2) is 16.8 Å². The average molecular weight is 377 g/mol. The van der Waals surface area contributed by atoms with Crippen LogP contribution in [0.4, 0.5) is 9.18 Å². The van der Waals surface area contributed by atoms with Gasteiger partial charge >= 0.3 is 6.03 Å². The summed E-state index contributed by atoms with van der Waals surface area (Å²) >= 11 is 3.41. The number of carbonyl (C=O) groups excluding carboxylic acids is 2. The number of amides is 3. The number of hydrogen-bond acceptors (Lipinski definition) is 2. The molecule has 1 heterocycles. The molecule has 1 aliphatic heterocycles. The van der Waals surface area contributed by atoms with Crippen molar-refractivity contribution in [2.24, 2.45) is 0 Å². The molecule has 2 aromatic rings. The van der Waals surface area contributed by atoms with E-state index in [1.807, 2.05) is 6.07 Å². The molecule has 3 amide bonds. The molecular formula is C17H14BrFN2O2. The number of rotatable bonds is 3. The Morgan fingerprint density at radius 1 is 1.13 bits per heavy atom. The fourth-order valence-electron chi connectivity index (χ4n) is 2.69. The van der Waals surface area contributed by atoms with Crippen molar-refractivity contribution in [2.75, 3.05) is 0 Å². The summed E-state index contributed by atoms with van der Waals surface area (Å²) in [5.74, 6) is -0.847. The molecule has 0 bridgehead atoms. The normalized spacial score (nSPS) is 20.7. The lowest BCUT2D eigenvalue weighted by atomic mass is 9.92. The van der Waals surface area contributed by atoms with Crippen molar-refractivity contribution in [1.29, 1.82) is 0 Å². The van der Waals surface area contributed by atoms with Crippen molar-refractivity contribution in [2.45, 2.75) is 19.0 Å². The Kier molecular flexibility index (Phi) is 3.93. The summed E-state index contributed by atoms with van der Waals surface area (Å²) in [7, 11) is 0. The van der Waals surface area contributed by atoms with Gasteiger partial charge in [-0.2, -0.15) is 0 Å². The van der Waals surface area contributed by atoms with E-state index < -0.39 is 23.3 Å². The monoisotopic (exact) mass is 376 g/mol. The van der Waals surface area contributed by atoms with Crippen molar-refractivity contribution in [3.63, 3.8) is 0 Å². The third kappa shape index (κ3) is 2.63. The summed E-state index contributed by atoms with van der Waals surface area (Å²) < 4.78 is 14.5. The van der Waals surface area contributed by atoms with Crippen LogP contribution in [0.5, 0.6) is 0 Å². The number of nitrogens with zero attached hydrogens (tertiary/aromatic N) is 1. The van der Waals surface area contributed by atoms with Gasteiger partial charge in [0.05, 0.1) is 6.54 Å². The second-order valence-corrected chi connectivity index (χ2v) is 6.37. The van der Waals surface area contributed by atoms with Crippen LogP contribution in [-0.2, 0) is 16.9 Å². The highest BCUT2D eigenvalue weighted by Gasteiger charge is 2.49. The third-order valence-corrected chi connectivity index (χ3v) is 4.67. The molecule has 1 fully saturated rings. The van der Waals surface area contributed by atoms with Crippen LogP contribution in [0.1, 0.15) is 18.1 Å². The molecule has 1 saturated heterocycles. The van der Waals surface area contributed by atoms with Gasteiger partial charge in [0.1, 0.15) is 11.4 Å². The van der Waals surface area contributed by atoms with Crippen LogP contribution >= 0.6 is 15.9 Å². The first-order chi connectivity index (χ1) is 10.9. The summed E-state index contributed by atoms with van der Waals surface area (Å²) in [6.07, 6.45) is 0. The van der Waals surface area contributed by atoms with Gasteiger partial charge in [-0.25, -0.2) is 9.18 Å². The van der Waals surface area contributed by atoms with Gasteiger partial charge in [0.15, 0.2) is 0 Å². The van der Waals surface area contributed by atoms with Crippen LogP contribution in [0.15, 0.2) is 53.0 Å². The van der Waals surface area contributed by atoms with Crippen molar-refractivity contribution in [3.8, 4) is 0 Å². The lowest BCUT2D eigenvalue weighted by Crippen LogP contribution is -2.41. The Morgan fingerprint density at radius 2 is 1.78 bits per heavy atom. The van der Waals surface area contributed by atoms with Crippen molar-refractivity contribution in [3.05, 3.63) is 69.9 Å². The van der Waals surface area contributed by atoms with Gasteiger partial charge in [0.2, 0.25) is 0 Å². The first kappa shape index (κ1) is 15.7. The molecular weight excluding hydrogens is 363 g/mol. The molecule has 0 spiro atoms. The molecule has 1 atom stereocenters. The van der Waals surface area contributed by atoms with Gasteiger partial charge in [0, 0.05) is 15.6 Å². The highest BCUT2D eigenvalue weighted by Crippen LogP contribution is 2.34. The van der Waals surface area contributed by atoms with E-state index in [0.29, 0.717) is 11.1 Å². The van der Waals surface area contributed by atoms with Gasteiger partial charge in [-0.05, 0) is 19.1 Å². The molecule has 0 radical (unpaired) electrons. The Balaban J connectivity index is 1.94. The smallest absolute Gasteiger partial charge is 0.319 e. The summed E-state index contributed by atoms with van der Waals surface area (Å²) in [6.45, 7) is 1.55. The molecule has 23 heavy (non-hydrogen) atoms. The number of benzene rings is 2. The number of nitrogens with one attached hydrogen (secondary N) is 1. The predicted molar refractivity (Wildman–Crippen MR) is 87.0 cm³/mol. The Labute approximate surface area is 141 Å². The van der Waals surface area contributed by atoms with Gasteiger partial charge in [-0.1, -0.05) is 52.3 Å². The molecule has 0 saturated carbocycles. The molecule has 1 aliphatic rings. The van der Waals surface area contributed by atoms with Gasteiger partial charge in [-0.15, -0.1) is 0 Å². The Bertz CT molecular complexity index is 796. The first-order valence-electron chi connectivity index (χ1n) is 7.06. The average Bonchev–Trinajstić information content (AvgIpc) is 2.74. The van der Waals surface area contributed by atoms with Gasteiger partial charge in [0.25, 0.3) is 5.91 Å². The maximum absolute atomic E-state index is 13.8. The number of imide groups is 1. The van der Waals surface area contributed by atoms with E-state index >= 15 is 0 Å². The van der Waals surface area contributed by atoms with Gasteiger partial charge in [-0.3, -0.25) is 9.69 Å². The SMILES string of the molecule is CC1(c2ccccc2Br)NC(=O)N(Cc2ccccc2F)C1=O. The minimum atomic E-state index is -1.18. The molecule has 4 nitrogen and oxygen atoms in total. The quantitative estimate of drug-likeness (QED) is 0.832. The Morgan fingerprint density at radius 3 is 2.48 bits per heavy atom. The highest BCUT2D eigenvalue weighted by atomic mass is 79.9. The highest BCUT2D eigenvalue weighted by molar-refractivity contribution is 9.10. The zero-order valence-electron chi connectivity index (χ0n) is 12.3. The minimum absolute atomic E-state index is 0.0998. The van der Waals surface area contributed by atoms with E-state index in [9.17, 15) is 14.0 Å². The number of hydrogen-bond donors (Lipinski definition) is 1. The summed E-state index contributed by atoms with van der Waals surface area (Å²) in [5, 5.41) is 2.71. The molecule has 6 heteroatoms. The molecule has 2 aromatic carbocycles. The van der Waals surface area contributed by atoms with E-state index in [1.165, 1.54) is 6.07 Å². The second-order valence-electron chi connectivity index (χ2n) is 5.52. The molecule has 0 aromatic heterocycles. The van der Waals surface area contributed by atoms with Crippen molar-refractivity contribution >= 4 is 27.9 Å². The van der Waals surface area contributed by atoms with E-state index in [2.05, 4.69) is 21.2 Å². The molecule has 0 aliphatic carbocycles. The summed E-state index contributed by atoms with van der Waals surface area (Å²) in [6, 6.07) is 12.8. The summed E-state index contributed by atoms with van der Waals surface area (Å²) in [4.78, 5) is 26.1. The molecule has 3 rings (SSSR count). The van der Waals surface area contributed by atoms with E-state index in [-0.39, 0.29) is 6.54 Å². The van der Waals surface area contributed by atoms with Crippen molar-refractivity contribution in [1.82, 2.24) is 10.2 Å². The van der Waals surface area contributed by atoms with Crippen LogP contribution in [0, 0.1) is 5.82 Å². The first-order valence-corrected chi connectivity index (χ1v) is 7.85.